The van der Waals surface area contributed by atoms with Crippen molar-refractivity contribution in [3.8, 4) is 0 Å². The van der Waals surface area contributed by atoms with Crippen molar-refractivity contribution in [1.82, 2.24) is 4.90 Å². The summed E-state index contributed by atoms with van der Waals surface area (Å²) >= 11 is 0. The number of halogens is 3. The van der Waals surface area contributed by atoms with Gasteiger partial charge in [0, 0.05) is 17.6 Å². The summed E-state index contributed by atoms with van der Waals surface area (Å²) in [6.07, 6.45) is -3.90. The maximum atomic E-state index is 12.4. The second-order valence-electron chi connectivity index (χ2n) is 5.25. The van der Waals surface area contributed by atoms with Crippen LogP contribution in [-0.2, 0) is 0 Å². The Kier molecular flexibility index (Phi) is 5.90. The lowest BCUT2D eigenvalue weighted by molar-refractivity contribution is -0.155. The molecule has 0 spiro atoms. The lowest BCUT2D eigenvalue weighted by atomic mass is 9.94. The van der Waals surface area contributed by atoms with Crippen LogP contribution < -0.4 is 5.73 Å². The monoisotopic (exact) mass is 256 g/mol. The second kappa shape index (κ2) is 6.02. The van der Waals surface area contributed by atoms with Gasteiger partial charge in [-0.25, -0.2) is 0 Å². The Bertz CT molecular complexity index is 229. The van der Waals surface area contributed by atoms with Gasteiger partial charge in [-0.3, -0.25) is 4.90 Å². The third-order valence-electron chi connectivity index (χ3n) is 2.71. The SMILES string of the molecule is CC(C)N(CC(F)(F)F)C(C)CC(C)(N)CO. The zero-order valence-electron chi connectivity index (χ0n) is 10.9. The minimum absolute atomic E-state index is 0.221. The van der Waals surface area contributed by atoms with Crippen LogP contribution in [0.1, 0.15) is 34.1 Å². The predicted octanol–water partition coefficient (Wildman–Crippen LogP) is 1.75. The van der Waals surface area contributed by atoms with Gasteiger partial charge in [-0.2, -0.15) is 13.2 Å². The van der Waals surface area contributed by atoms with Crippen molar-refractivity contribution in [2.45, 2.75) is 57.9 Å². The molecule has 3 N–H and O–H groups in total. The normalized spacial score (nSPS) is 18.5. The summed E-state index contributed by atoms with van der Waals surface area (Å²) in [6, 6.07) is -0.556. The van der Waals surface area contributed by atoms with Gasteiger partial charge in [-0.1, -0.05) is 0 Å². The van der Waals surface area contributed by atoms with E-state index in [1.54, 1.807) is 27.7 Å². The van der Waals surface area contributed by atoms with E-state index in [1.807, 2.05) is 0 Å². The standard InChI is InChI=1S/C11H23F3N2O/c1-8(2)16(6-11(12,13)14)9(3)5-10(4,15)7-17/h8-9,17H,5-7,15H2,1-4H3. The van der Waals surface area contributed by atoms with Crippen molar-refractivity contribution in [2.24, 2.45) is 5.73 Å². The van der Waals surface area contributed by atoms with Crippen molar-refractivity contribution in [3.05, 3.63) is 0 Å². The predicted molar refractivity (Wildman–Crippen MR) is 61.7 cm³/mol. The average Bonchev–Trinajstić information content (AvgIpc) is 2.11. The highest BCUT2D eigenvalue weighted by Crippen LogP contribution is 2.22. The van der Waals surface area contributed by atoms with E-state index in [4.69, 9.17) is 10.8 Å². The number of nitrogens with zero attached hydrogens (tertiary/aromatic N) is 1. The Labute approximate surface area is 101 Å². The first-order chi connectivity index (χ1) is 7.48. The Morgan fingerprint density at radius 2 is 1.71 bits per heavy atom. The van der Waals surface area contributed by atoms with Crippen LogP contribution >= 0.6 is 0 Å². The van der Waals surface area contributed by atoms with Crippen molar-refractivity contribution in [3.63, 3.8) is 0 Å². The second-order valence-corrected chi connectivity index (χ2v) is 5.25. The molecule has 0 heterocycles. The fourth-order valence-corrected chi connectivity index (χ4v) is 1.91. The molecule has 0 aromatic rings. The molecule has 104 valence electrons. The van der Waals surface area contributed by atoms with E-state index < -0.39 is 18.3 Å². The van der Waals surface area contributed by atoms with E-state index in [2.05, 4.69) is 0 Å². The summed E-state index contributed by atoms with van der Waals surface area (Å²) in [4.78, 5) is 1.35. The van der Waals surface area contributed by atoms with E-state index in [-0.39, 0.29) is 18.7 Å². The molecule has 0 rings (SSSR count). The number of rotatable bonds is 6. The molecule has 2 unspecified atom stereocenters. The lowest BCUT2D eigenvalue weighted by Gasteiger charge is -2.37. The summed E-state index contributed by atoms with van der Waals surface area (Å²) in [6.45, 7) is 5.58. The Morgan fingerprint density at radius 3 is 2.00 bits per heavy atom. The molecule has 3 nitrogen and oxygen atoms in total. The minimum Gasteiger partial charge on any atom is -0.394 e. The molecule has 0 amide bonds. The largest absolute Gasteiger partial charge is 0.401 e. The fourth-order valence-electron chi connectivity index (χ4n) is 1.91. The van der Waals surface area contributed by atoms with E-state index in [0.717, 1.165) is 0 Å². The van der Waals surface area contributed by atoms with Gasteiger partial charge >= 0.3 is 6.18 Å². The van der Waals surface area contributed by atoms with Crippen LogP contribution in [-0.4, -0.2) is 47.0 Å². The summed E-state index contributed by atoms with van der Waals surface area (Å²) in [5.41, 5.74) is 4.91. The molecule has 0 aliphatic heterocycles. The Hall–Kier alpha value is -0.330. The van der Waals surface area contributed by atoms with E-state index in [0.29, 0.717) is 6.42 Å². The number of aliphatic hydroxyl groups excluding tert-OH is 1. The van der Waals surface area contributed by atoms with Crippen LogP contribution in [0.5, 0.6) is 0 Å². The zero-order valence-corrected chi connectivity index (χ0v) is 10.9. The van der Waals surface area contributed by atoms with Crippen LogP contribution in [0, 0.1) is 0 Å². The van der Waals surface area contributed by atoms with Crippen molar-refractivity contribution >= 4 is 0 Å². The molecule has 0 aromatic heterocycles. The van der Waals surface area contributed by atoms with Gasteiger partial charge in [0.25, 0.3) is 0 Å². The summed E-state index contributed by atoms with van der Waals surface area (Å²) in [5, 5.41) is 9.03. The van der Waals surface area contributed by atoms with Gasteiger partial charge in [0.1, 0.15) is 0 Å². The number of hydrogen-bond donors (Lipinski definition) is 2. The molecule has 2 atom stereocenters. The van der Waals surface area contributed by atoms with Crippen LogP contribution in [0.15, 0.2) is 0 Å². The minimum atomic E-state index is -4.22. The third kappa shape index (κ3) is 6.85. The molecule has 0 saturated heterocycles. The van der Waals surface area contributed by atoms with Crippen LogP contribution in [0.25, 0.3) is 0 Å². The van der Waals surface area contributed by atoms with Gasteiger partial charge in [-0.15, -0.1) is 0 Å². The lowest BCUT2D eigenvalue weighted by Crippen LogP contribution is -2.51. The van der Waals surface area contributed by atoms with Gasteiger partial charge in [0.2, 0.25) is 0 Å². The molecule has 0 bridgehead atoms. The molecule has 0 fully saturated rings. The van der Waals surface area contributed by atoms with E-state index in [1.165, 1.54) is 4.90 Å². The quantitative estimate of drug-likeness (QED) is 0.761. The summed E-state index contributed by atoms with van der Waals surface area (Å²) in [7, 11) is 0. The van der Waals surface area contributed by atoms with Crippen LogP contribution in [0.2, 0.25) is 0 Å². The number of hydrogen-bond acceptors (Lipinski definition) is 3. The molecule has 0 aromatic carbocycles. The first-order valence-electron chi connectivity index (χ1n) is 5.71. The van der Waals surface area contributed by atoms with Crippen molar-refractivity contribution in [1.29, 1.82) is 0 Å². The van der Waals surface area contributed by atoms with E-state index in [9.17, 15) is 13.2 Å². The molecular weight excluding hydrogens is 233 g/mol. The highest BCUT2D eigenvalue weighted by molar-refractivity contribution is 4.85. The highest BCUT2D eigenvalue weighted by atomic mass is 19.4. The average molecular weight is 256 g/mol. The van der Waals surface area contributed by atoms with Gasteiger partial charge in [0.05, 0.1) is 13.2 Å². The Balaban J connectivity index is 4.61. The fraction of sp³-hybridized carbons (Fsp3) is 1.00. The molecular formula is C11H23F3N2O. The number of aliphatic hydroxyl groups is 1. The zero-order chi connectivity index (χ0) is 13.9. The smallest absolute Gasteiger partial charge is 0.394 e. The van der Waals surface area contributed by atoms with Gasteiger partial charge in [-0.05, 0) is 34.1 Å². The van der Waals surface area contributed by atoms with Gasteiger partial charge < -0.3 is 10.8 Å². The van der Waals surface area contributed by atoms with Gasteiger partial charge in [0.15, 0.2) is 0 Å². The Morgan fingerprint density at radius 1 is 1.24 bits per heavy atom. The molecule has 0 saturated carbocycles. The third-order valence-corrected chi connectivity index (χ3v) is 2.71. The summed E-state index contributed by atoms with van der Waals surface area (Å²) in [5.74, 6) is 0. The van der Waals surface area contributed by atoms with Crippen LogP contribution in [0.4, 0.5) is 13.2 Å². The molecule has 0 radical (unpaired) electrons. The van der Waals surface area contributed by atoms with Crippen molar-refractivity contribution in [2.75, 3.05) is 13.2 Å². The highest BCUT2D eigenvalue weighted by Gasteiger charge is 2.35. The molecule has 17 heavy (non-hydrogen) atoms. The van der Waals surface area contributed by atoms with Crippen molar-refractivity contribution < 1.29 is 18.3 Å². The van der Waals surface area contributed by atoms with E-state index >= 15 is 0 Å². The number of alkyl halides is 3. The summed E-state index contributed by atoms with van der Waals surface area (Å²) < 4.78 is 37.3. The maximum absolute atomic E-state index is 12.4. The maximum Gasteiger partial charge on any atom is 0.401 e. The topological polar surface area (TPSA) is 49.5 Å². The number of nitrogens with two attached hydrogens (primary N) is 1. The molecule has 0 aliphatic rings. The molecule has 6 heteroatoms. The first kappa shape index (κ1) is 16.7. The van der Waals surface area contributed by atoms with Crippen LogP contribution in [0.3, 0.4) is 0 Å². The molecule has 0 aliphatic carbocycles. The first-order valence-corrected chi connectivity index (χ1v) is 5.71.